The van der Waals surface area contributed by atoms with Gasteiger partial charge in [0.05, 0.1) is 0 Å². The molecular weight excluding hydrogens is 331 g/mol. The predicted molar refractivity (Wildman–Crippen MR) is 87.1 cm³/mol. The van der Waals surface area contributed by atoms with Crippen LogP contribution in [0, 0.1) is 5.82 Å². The second-order valence-corrected chi connectivity index (χ2v) is 7.44. The lowest BCUT2D eigenvalue weighted by Crippen LogP contribution is -2.51. The number of fused-ring (bicyclic) bond motifs is 1. The number of hydrogen-bond acceptors (Lipinski definition) is 3. The molecule has 0 aliphatic carbocycles. The molecule has 3 rings (SSSR count). The van der Waals surface area contributed by atoms with Crippen LogP contribution in [0.2, 0.25) is 0 Å². The molecule has 2 aromatic rings. The maximum absolute atomic E-state index is 14.0. The summed E-state index contributed by atoms with van der Waals surface area (Å²) in [5.74, 6) is -1.24. The van der Waals surface area contributed by atoms with E-state index >= 15 is 0 Å². The summed E-state index contributed by atoms with van der Waals surface area (Å²) in [6.45, 7) is 0.0327. The monoisotopic (exact) mass is 348 g/mol. The van der Waals surface area contributed by atoms with Crippen LogP contribution >= 0.6 is 0 Å². The summed E-state index contributed by atoms with van der Waals surface area (Å²) in [6, 6.07) is 11.6. The van der Waals surface area contributed by atoms with Gasteiger partial charge in [-0.3, -0.25) is 4.79 Å². The van der Waals surface area contributed by atoms with E-state index in [2.05, 4.69) is 5.32 Å². The highest BCUT2D eigenvalue weighted by molar-refractivity contribution is 7.89. The van der Waals surface area contributed by atoms with Crippen molar-refractivity contribution in [3.05, 3.63) is 65.5 Å². The molecule has 2 aromatic carbocycles. The molecule has 5 nitrogen and oxygen atoms in total. The van der Waals surface area contributed by atoms with Gasteiger partial charge in [0.25, 0.3) is 0 Å². The van der Waals surface area contributed by atoms with Crippen LogP contribution in [0.25, 0.3) is 0 Å². The zero-order valence-corrected chi connectivity index (χ0v) is 13.9. The summed E-state index contributed by atoms with van der Waals surface area (Å²) in [6.07, 6.45) is 0.254. The molecule has 0 fully saturated rings. The van der Waals surface area contributed by atoms with E-state index < -0.39 is 32.7 Å². The number of sulfonamides is 1. The van der Waals surface area contributed by atoms with Gasteiger partial charge in [-0.05, 0) is 29.7 Å². The van der Waals surface area contributed by atoms with E-state index in [0.29, 0.717) is 0 Å². The Morgan fingerprint density at radius 1 is 1.12 bits per heavy atom. The number of benzene rings is 2. The minimum Gasteiger partial charge on any atom is -0.358 e. The summed E-state index contributed by atoms with van der Waals surface area (Å²) in [5.41, 5.74) is 1.74. The first-order chi connectivity index (χ1) is 11.4. The molecule has 1 amide bonds. The van der Waals surface area contributed by atoms with Crippen LogP contribution in [0.15, 0.2) is 53.4 Å². The molecule has 1 aliphatic rings. The van der Waals surface area contributed by atoms with Crippen molar-refractivity contribution in [3.63, 3.8) is 0 Å². The van der Waals surface area contributed by atoms with Gasteiger partial charge >= 0.3 is 0 Å². The molecule has 1 atom stereocenters. The molecule has 0 bridgehead atoms. The standard InChI is InChI=1S/C17H17FN2O3S/c1-19-17(21)15-10-12-6-2-3-7-13(12)11-20(15)24(22,23)16-9-5-4-8-14(16)18/h2-9,15H,10-11H2,1H3,(H,19,21)/t15-/m0/s1. The molecule has 7 heteroatoms. The summed E-state index contributed by atoms with van der Waals surface area (Å²) >= 11 is 0. The van der Waals surface area contributed by atoms with Gasteiger partial charge < -0.3 is 5.32 Å². The average molecular weight is 348 g/mol. The number of halogens is 1. The van der Waals surface area contributed by atoms with Gasteiger partial charge in [0, 0.05) is 13.6 Å². The molecule has 24 heavy (non-hydrogen) atoms. The number of nitrogens with zero attached hydrogens (tertiary/aromatic N) is 1. The number of likely N-dealkylation sites (N-methyl/N-ethyl adjacent to an activating group) is 1. The largest absolute Gasteiger partial charge is 0.358 e. The normalized spacial score (nSPS) is 18.0. The fourth-order valence-corrected chi connectivity index (χ4v) is 4.55. The average Bonchev–Trinajstić information content (AvgIpc) is 2.60. The molecule has 0 aromatic heterocycles. The number of nitrogens with one attached hydrogen (secondary N) is 1. The predicted octanol–water partition coefficient (Wildman–Crippen LogP) is 1.69. The van der Waals surface area contributed by atoms with E-state index in [0.717, 1.165) is 21.5 Å². The quantitative estimate of drug-likeness (QED) is 0.918. The molecule has 0 radical (unpaired) electrons. The second kappa shape index (κ2) is 6.33. The van der Waals surface area contributed by atoms with Crippen molar-refractivity contribution in [3.8, 4) is 0 Å². The Morgan fingerprint density at radius 2 is 1.75 bits per heavy atom. The van der Waals surface area contributed by atoms with E-state index in [1.807, 2.05) is 24.3 Å². The maximum Gasteiger partial charge on any atom is 0.247 e. The molecule has 1 heterocycles. The van der Waals surface area contributed by atoms with Crippen LogP contribution < -0.4 is 5.32 Å². The lowest BCUT2D eigenvalue weighted by atomic mass is 9.95. The van der Waals surface area contributed by atoms with E-state index in [9.17, 15) is 17.6 Å². The van der Waals surface area contributed by atoms with E-state index in [1.54, 1.807) is 0 Å². The second-order valence-electron chi connectivity index (χ2n) is 5.58. The number of carbonyl (C=O) groups is 1. The van der Waals surface area contributed by atoms with Crippen LogP contribution in [0.3, 0.4) is 0 Å². The summed E-state index contributed by atoms with van der Waals surface area (Å²) in [7, 11) is -2.69. The summed E-state index contributed by atoms with van der Waals surface area (Å²) in [5, 5.41) is 2.49. The zero-order chi connectivity index (χ0) is 17.3. The molecule has 0 unspecified atom stereocenters. The van der Waals surface area contributed by atoms with Crippen molar-refractivity contribution in [1.82, 2.24) is 9.62 Å². The fraction of sp³-hybridized carbons (Fsp3) is 0.235. The van der Waals surface area contributed by atoms with Crippen molar-refractivity contribution in [2.75, 3.05) is 7.05 Å². The topological polar surface area (TPSA) is 66.5 Å². The summed E-state index contributed by atoms with van der Waals surface area (Å²) in [4.78, 5) is 11.8. The Morgan fingerprint density at radius 3 is 2.42 bits per heavy atom. The van der Waals surface area contributed by atoms with Gasteiger partial charge in [0.1, 0.15) is 16.8 Å². The molecule has 126 valence electrons. The van der Waals surface area contributed by atoms with Crippen molar-refractivity contribution in [1.29, 1.82) is 0 Å². The molecule has 1 N–H and O–H groups in total. The number of carbonyl (C=O) groups excluding carboxylic acids is 1. The Bertz CT molecular complexity index is 883. The van der Waals surface area contributed by atoms with Gasteiger partial charge in [-0.25, -0.2) is 12.8 Å². The molecule has 0 saturated heterocycles. The number of hydrogen-bond donors (Lipinski definition) is 1. The third kappa shape index (κ3) is 2.81. The van der Waals surface area contributed by atoms with Crippen molar-refractivity contribution in [2.45, 2.75) is 23.9 Å². The molecule has 1 aliphatic heterocycles. The maximum atomic E-state index is 14.0. The van der Waals surface area contributed by atoms with Crippen LogP contribution in [0.5, 0.6) is 0 Å². The minimum absolute atomic E-state index is 0.0327. The highest BCUT2D eigenvalue weighted by Crippen LogP contribution is 2.30. The van der Waals surface area contributed by atoms with E-state index in [-0.39, 0.29) is 13.0 Å². The molecular formula is C17H17FN2O3S. The first-order valence-electron chi connectivity index (χ1n) is 7.50. The fourth-order valence-electron chi connectivity index (χ4n) is 2.92. The first-order valence-corrected chi connectivity index (χ1v) is 8.94. The SMILES string of the molecule is CNC(=O)[C@@H]1Cc2ccccc2CN1S(=O)(=O)c1ccccc1F. The van der Waals surface area contributed by atoms with E-state index in [1.165, 1.54) is 25.2 Å². The van der Waals surface area contributed by atoms with Gasteiger partial charge in [0.15, 0.2) is 0 Å². The minimum atomic E-state index is -4.14. The molecule has 0 saturated carbocycles. The highest BCUT2D eigenvalue weighted by atomic mass is 32.2. The Kier molecular flexibility index (Phi) is 4.38. The van der Waals surface area contributed by atoms with Crippen LogP contribution in [0.4, 0.5) is 4.39 Å². The third-order valence-corrected chi connectivity index (χ3v) is 6.07. The summed E-state index contributed by atoms with van der Waals surface area (Å²) < 4.78 is 41.0. The van der Waals surface area contributed by atoms with Crippen molar-refractivity contribution in [2.24, 2.45) is 0 Å². The number of amides is 1. The van der Waals surface area contributed by atoms with Crippen LogP contribution in [0.1, 0.15) is 11.1 Å². The van der Waals surface area contributed by atoms with Crippen molar-refractivity contribution >= 4 is 15.9 Å². The van der Waals surface area contributed by atoms with Gasteiger partial charge in [-0.2, -0.15) is 4.31 Å². The highest BCUT2D eigenvalue weighted by Gasteiger charge is 2.40. The van der Waals surface area contributed by atoms with E-state index in [4.69, 9.17) is 0 Å². The van der Waals surface area contributed by atoms with Crippen molar-refractivity contribution < 1.29 is 17.6 Å². The van der Waals surface area contributed by atoms with Gasteiger partial charge in [0.2, 0.25) is 15.9 Å². The first kappa shape index (κ1) is 16.6. The van der Waals surface area contributed by atoms with Crippen LogP contribution in [-0.4, -0.2) is 31.7 Å². The van der Waals surface area contributed by atoms with Crippen LogP contribution in [-0.2, 0) is 27.8 Å². The Labute approximate surface area is 140 Å². The van der Waals surface area contributed by atoms with Gasteiger partial charge in [-0.15, -0.1) is 0 Å². The molecule has 0 spiro atoms. The Balaban J connectivity index is 2.10. The Hall–Kier alpha value is -2.25. The lowest BCUT2D eigenvalue weighted by molar-refractivity contribution is -0.124. The van der Waals surface area contributed by atoms with Gasteiger partial charge in [-0.1, -0.05) is 36.4 Å². The zero-order valence-electron chi connectivity index (χ0n) is 13.1. The lowest BCUT2D eigenvalue weighted by Gasteiger charge is -2.34. The smallest absolute Gasteiger partial charge is 0.247 e. The number of rotatable bonds is 3. The third-order valence-electron chi connectivity index (χ3n) is 4.18.